The summed E-state index contributed by atoms with van der Waals surface area (Å²) in [4.78, 5) is 21.7. The van der Waals surface area contributed by atoms with Crippen LogP contribution in [0, 0.1) is 5.92 Å². The van der Waals surface area contributed by atoms with Crippen molar-refractivity contribution in [1.29, 1.82) is 0 Å². The molecule has 0 spiro atoms. The van der Waals surface area contributed by atoms with E-state index in [1.54, 1.807) is 11.3 Å². The molecule has 1 amide bonds. The van der Waals surface area contributed by atoms with Gasteiger partial charge in [-0.1, -0.05) is 32.0 Å². The van der Waals surface area contributed by atoms with E-state index >= 15 is 0 Å². The second-order valence-electron chi connectivity index (χ2n) is 5.79. The molecule has 24 heavy (non-hydrogen) atoms. The minimum atomic E-state index is -0.162. The number of fused-ring (bicyclic) bond motifs is 1. The molecule has 1 atom stereocenters. The van der Waals surface area contributed by atoms with Gasteiger partial charge in [0.15, 0.2) is 6.61 Å². The first-order chi connectivity index (χ1) is 11.6. The fourth-order valence-electron chi connectivity index (χ4n) is 2.48. The van der Waals surface area contributed by atoms with E-state index in [2.05, 4.69) is 29.1 Å². The van der Waals surface area contributed by atoms with Gasteiger partial charge in [-0.15, -0.1) is 11.3 Å². The summed E-state index contributed by atoms with van der Waals surface area (Å²) in [5.74, 6) is 0.560. The monoisotopic (exact) mass is 341 g/mol. The lowest BCUT2D eigenvalue weighted by molar-refractivity contribution is -0.124. The van der Waals surface area contributed by atoms with Gasteiger partial charge in [-0.3, -0.25) is 4.79 Å². The van der Waals surface area contributed by atoms with Gasteiger partial charge >= 0.3 is 0 Å². The van der Waals surface area contributed by atoms with Crippen LogP contribution >= 0.6 is 11.3 Å². The lowest BCUT2D eigenvalue weighted by Gasteiger charge is -2.21. The molecule has 0 unspecified atom stereocenters. The molecule has 3 rings (SSSR count). The second-order valence-corrected chi connectivity index (χ2v) is 6.77. The number of rotatable bonds is 6. The summed E-state index contributed by atoms with van der Waals surface area (Å²) >= 11 is 1.64. The molecule has 0 aliphatic carbocycles. The lowest BCUT2D eigenvalue weighted by Crippen LogP contribution is -2.34. The number of thiophene rings is 1. The maximum Gasteiger partial charge on any atom is 0.258 e. The first-order valence-electron chi connectivity index (χ1n) is 7.80. The van der Waals surface area contributed by atoms with Crippen LogP contribution in [0.5, 0.6) is 5.88 Å². The maximum absolute atomic E-state index is 12.3. The Bertz CT molecular complexity index is 813. The third kappa shape index (κ3) is 3.71. The first-order valence-corrected chi connectivity index (χ1v) is 8.68. The zero-order chi connectivity index (χ0) is 16.9. The Balaban J connectivity index is 1.66. The summed E-state index contributed by atoms with van der Waals surface area (Å²) in [6, 6.07) is 11.6. The average molecular weight is 341 g/mol. The molecule has 0 fully saturated rings. The number of ether oxygens (including phenoxy) is 1. The van der Waals surface area contributed by atoms with Crippen LogP contribution in [-0.4, -0.2) is 22.5 Å². The molecule has 0 saturated heterocycles. The maximum atomic E-state index is 12.3. The number of nitrogens with one attached hydrogen (secondary N) is 1. The number of benzene rings is 1. The smallest absolute Gasteiger partial charge is 0.258 e. The number of hydrogen-bond donors (Lipinski definition) is 1. The second kappa shape index (κ2) is 7.40. The molecule has 6 heteroatoms. The molecule has 0 bridgehead atoms. The lowest BCUT2D eigenvalue weighted by atomic mass is 10.0. The first kappa shape index (κ1) is 16.4. The number of hydrogen-bond acceptors (Lipinski definition) is 5. The highest BCUT2D eigenvalue weighted by atomic mass is 32.1. The van der Waals surface area contributed by atoms with Crippen LogP contribution in [0.1, 0.15) is 24.8 Å². The number of carbonyl (C=O) groups is 1. The van der Waals surface area contributed by atoms with Gasteiger partial charge in [-0.25, -0.2) is 9.97 Å². The molecule has 0 aliphatic rings. The number of para-hydroxylation sites is 1. The molecule has 0 saturated carbocycles. The summed E-state index contributed by atoms with van der Waals surface area (Å²) in [6.45, 7) is 4.10. The number of amides is 1. The molecular weight excluding hydrogens is 322 g/mol. The molecule has 1 aromatic carbocycles. The molecule has 2 heterocycles. The van der Waals surface area contributed by atoms with Crippen LogP contribution in [0.15, 0.2) is 48.1 Å². The van der Waals surface area contributed by atoms with Gasteiger partial charge < -0.3 is 10.1 Å². The fraction of sp³-hybridized carbons (Fsp3) is 0.278. The van der Waals surface area contributed by atoms with E-state index in [1.807, 2.05) is 41.8 Å². The van der Waals surface area contributed by atoms with Crippen molar-refractivity contribution < 1.29 is 9.53 Å². The fourth-order valence-corrected chi connectivity index (χ4v) is 3.43. The summed E-state index contributed by atoms with van der Waals surface area (Å²) in [7, 11) is 0. The van der Waals surface area contributed by atoms with Crippen LogP contribution in [0.3, 0.4) is 0 Å². The van der Waals surface area contributed by atoms with Crippen LogP contribution < -0.4 is 10.1 Å². The Kier molecular flexibility index (Phi) is 5.05. The van der Waals surface area contributed by atoms with E-state index in [0.717, 1.165) is 15.8 Å². The van der Waals surface area contributed by atoms with Crippen molar-refractivity contribution in [3.63, 3.8) is 0 Å². The summed E-state index contributed by atoms with van der Waals surface area (Å²) in [5.41, 5.74) is 0.793. The SMILES string of the molecule is CC(C)[C@@H](NC(=O)COc1ncnc2ccccc12)c1cccs1. The summed E-state index contributed by atoms with van der Waals surface area (Å²) < 4.78 is 5.62. The molecule has 1 N–H and O–H groups in total. The van der Waals surface area contributed by atoms with Gasteiger partial charge in [0, 0.05) is 4.88 Å². The van der Waals surface area contributed by atoms with Crippen molar-refractivity contribution in [3.8, 4) is 5.88 Å². The molecule has 0 radical (unpaired) electrons. The third-order valence-corrected chi connectivity index (χ3v) is 4.63. The van der Waals surface area contributed by atoms with Gasteiger partial charge in [0.1, 0.15) is 6.33 Å². The van der Waals surface area contributed by atoms with E-state index in [4.69, 9.17) is 4.74 Å². The Morgan fingerprint density at radius 3 is 2.79 bits per heavy atom. The van der Waals surface area contributed by atoms with Crippen LogP contribution in [-0.2, 0) is 4.79 Å². The van der Waals surface area contributed by atoms with Gasteiger partial charge in [0.25, 0.3) is 5.91 Å². The number of aromatic nitrogens is 2. The van der Waals surface area contributed by atoms with E-state index in [0.29, 0.717) is 11.8 Å². The largest absolute Gasteiger partial charge is 0.467 e. The van der Waals surface area contributed by atoms with Crippen LogP contribution in [0.2, 0.25) is 0 Å². The Morgan fingerprint density at radius 2 is 2.04 bits per heavy atom. The highest BCUT2D eigenvalue weighted by molar-refractivity contribution is 7.10. The van der Waals surface area contributed by atoms with Gasteiger partial charge in [-0.05, 0) is 29.5 Å². The molecular formula is C18H19N3O2S. The molecule has 0 aliphatic heterocycles. The Labute approximate surface area is 144 Å². The predicted molar refractivity (Wildman–Crippen MR) is 95.1 cm³/mol. The van der Waals surface area contributed by atoms with E-state index < -0.39 is 0 Å². The highest BCUT2D eigenvalue weighted by Gasteiger charge is 2.19. The average Bonchev–Trinajstić information content (AvgIpc) is 3.11. The van der Waals surface area contributed by atoms with E-state index in [9.17, 15) is 4.79 Å². The van der Waals surface area contributed by atoms with E-state index in [1.165, 1.54) is 6.33 Å². The minimum Gasteiger partial charge on any atom is -0.467 e. The summed E-state index contributed by atoms with van der Waals surface area (Å²) in [5, 5.41) is 5.85. The van der Waals surface area contributed by atoms with Crippen molar-refractivity contribution in [2.45, 2.75) is 19.9 Å². The summed E-state index contributed by atoms with van der Waals surface area (Å²) in [6.07, 6.45) is 1.44. The van der Waals surface area contributed by atoms with Gasteiger partial charge in [0.05, 0.1) is 16.9 Å². The van der Waals surface area contributed by atoms with Gasteiger partial charge in [0.2, 0.25) is 5.88 Å². The topological polar surface area (TPSA) is 64.1 Å². The third-order valence-electron chi connectivity index (χ3n) is 3.68. The van der Waals surface area contributed by atoms with Crippen molar-refractivity contribution >= 4 is 28.1 Å². The molecule has 3 aromatic rings. The minimum absolute atomic E-state index is 0.0109. The Hall–Kier alpha value is -2.47. The number of carbonyl (C=O) groups excluding carboxylic acids is 1. The highest BCUT2D eigenvalue weighted by Crippen LogP contribution is 2.26. The number of nitrogens with zero attached hydrogens (tertiary/aromatic N) is 2. The van der Waals surface area contributed by atoms with Crippen molar-refractivity contribution in [2.75, 3.05) is 6.61 Å². The normalized spacial score (nSPS) is 12.3. The zero-order valence-corrected chi connectivity index (χ0v) is 14.4. The van der Waals surface area contributed by atoms with Crippen molar-refractivity contribution in [1.82, 2.24) is 15.3 Å². The predicted octanol–water partition coefficient (Wildman–Crippen LogP) is 3.58. The van der Waals surface area contributed by atoms with Crippen molar-refractivity contribution in [3.05, 3.63) is 53.0 Å². The van der Waals surface area contributed by atoms with Crippen molar-refractivity contribution in [2.24, 2.45) is 5.92 Å². The quantitative estimate of drug-likeness (QED) is 0.744. The molecule has 5 nitrogen and oxygen atoms in total. The van der Waals surface area contributed by atoms with Gasteiger partial charge in [-0.2, -0.15) is 0 Å². The van der Waals surface area contributed by atoms with E-state index in [-0.39, 0.29) is 18.6 Å². The molecule has 124 valence electrons. The zero-order valence-electron chi connectivity index (χ0n) is 13.6. The van der Waals surface area contributed by atoms with Crippen LogP contribution in [0.4, 0.5) is 0 Å². The Morgan fingerprint density at radius 1 is 1.21 bits per heavy atom. The standard InChI is InChI=1S/C18H19N3O2S/c1-12(2)17(15-8-5-9-24-15)21-16(22)10-23-18-13-6-3-4-7-14(13)19-11-20-18/h3-9,11-12,17H,10H2,1-2H3,(H,21,22)/t17-/m1/s1. The molecule has 2 aromatic heterocycles. The van der Waals surface area contributed by atoms with Crippen LogP contribution in [0.25, 0.3) is 10.9 Å².